The highest BCUT2D eigenvalue weighted by Gasteiger charge is 2.23. The second-order valence-electron chi connectivity index (χ2n) is 15.9. The summed E-state index contributed by atoms with van der Waals surface area (Å²) >= 11 is 0. The average molecular weight is 807 g/mol. The monoisotopic (exact) mass is 806 g/mol. The largest absolute Gasteiger partial charge is 0.456 e. The molecule has 0 atom stereocenters. The molecular weight excluding hydrogens is 773 g/mol. The molecule has 0 saturated carbocycles. The number of hydrogen-bond acceptors (Lipinski definition) is 5. The summed E-state index contributed by atoms with van der Waals surface area (Å²) in [4.78, 5) is 15.8. The molecule has 63 heavy (non-hydrogen) atoms. The quantitative estimate of drug-likeness (QED) is 0.167. The highest BCUT2D eigenvalue weighted by Crippen LogP contribution is 2.44. The van der Waals surface area contributed by atoms with Crippen molar-refractivity contribution in [2.24, 2.45) is 0 Å². The van der Waals surface area contributed by atoms with Crippen LogP contribution in [-0.4, -0.2) is 19.5 Å². The highest BCUT2D eigenvalue weighted by molar-refractivity contribution is 6.11. The van der Waals surface area contributed by atoms with Gasteiger partial charge < -0.3 is 13.4 Å². The summed E-state index contributed by atoms with van der Waals surface area (Å²) in [7, 11) is 0. The fourth-order valence-electron chi connectivity index (χ4n) is 9.34. The molecule has 0 spiro atoms. The molecule has 0 aliphatic heterocycles. The van der Waals surface area contributed by atoms with Gasteiger partial charge in [0.2, 0.25) is 0 Å². The number of rotatable bonds is 6. The van der Waals surface area contributed by atoms with Crippen LogP contribution in [0.15, 0.2) is 215 Å². The van der Waals surface area contributed by atoms with E-state index in [1.54, 1.807) is 0 Å². The van der Waals surface area contributed by atoms with Crippen LogP contribution in [0.3, 0.4) is 0 Å². The summed E-state index contributed by atoms with van der Waals surface area (Å²) in [5.41, 5.74) is 13.3. The van der Waals surface area contributed by atoms with Crippen LogP contribution in [0.1, 0.15) is 0 Å². The third-order valence-corrected chi connectivity index (χ3v) is 12.3. The van der Waals surface area contributed by atoms with Crippen LogP contribution in [0.25, 0.3) is 128 Å². The van der Waals surface area contributed by atoms with E-state index >= 15 is 0 Å². The van der Waals surface area contributed by atoms with E-state index in [1.165, 1.54) is 10.8 Å². The molecule has 0 aliphatic rings. The molecule has 6 heteroatoms. The topological polar surface area (TPSA) is 69.9 Å². The van der Waals surface area contributed by atoms with Crippen LogP contribution in [0.5, 0.6) is 0 Å². The summed E-state index contributed by atoms with van der Waals surface area (Å²) in [5, 5.41) is 6.62. The van der Waals surface area contributed by atoms with Gasteiger partial charge in [0, 0.05) is 60.1 Å². The Hall–Kier alpha value is -8.61. The molecular formula is C57H34N4O2. The Kier molecular flexibility index (Phi) is 7.80. The van der Waals surface area contributed by atoms with E-state index in [-0.39, 0.29) is 0 Å². The lowest BCUT2D eigenvalue weighted by Crippen LogP contribution is -2.04. The van der Waals surface area contributed by atoms with Crippen LogP contribution >= 0.6 is 0 Å². The van der Waals surface area contributed by atoms with Gasteiger partial charge in [0.15, 0.2) is 17.5 Å². The fraction of sp³-hybridized carbons (Fsp3) is 0. The van der Waals surface area contributed by atoms with Gasteiger partial charge in [-0.1, -0.05) is 146 Å². The van der Waals surface area contributed by atoms with Crippen LogP contribution in [0.2, 0.25) is 0 Å². The van der Waals surface area contributed by atoms with Gasteiger partial charge in [-0.2, -0.15) is 0 Å². The van der Waals surface area contributed by atoms with Crippen molar-refractivity contribution in [1.29, 1.82) is 0 Å². The SMILES string of the molecule is c1ccc(-c2cc(-c3nc(-c4ccc5c(c4)oc4ccccc45)nc(-c4ccc5c(c4)oc4ccccc45)n3)cc(-c3ccccc3)c2-n2c3ccccc3c3ccccc32)cc1. The maximum absolute atomic E-state index is 6.37. The van der Waals surface area contributed by atoms with Crippen LogP contribution in [0, 0.1) is 0 Å². The summed E-state index contributed by atoms with van der Waals surface area (Å²) in [6.07, 6.45) is 0. The maximum atomic E-state index is 6.37. The zero-order valence-electron chi connectivity index (χ0n) is 33.7. The van der Waals surface area contributed by atoms with E-state index in [1.807, 2.05) is 48.5 Å². The molecule has 294 valence electrons. The standard InChI is InChI=1S/C57H34N4O2/c1-3-15-35(16-4-1)46-31-39(32-47(36-17-5-2-6-18-36)54(46)61-48-23-11-7-19-40(48)41-20-8-12-24-49(41)61)57-59-55(37-27-29-44-42-21-9-13-25-50(42)62-52(44)33-37)58-56(60-57)38-28-30-45-43-22-10-14-26-51(43)63-53(45)34-38/h1-34H. The Balaban J connectivity index is 1.10. The van der Waals surface area contributed by atoms with E-state index in [9.17, 15) is 0 Å². The minimum atomic E-state index is 0.538. The minimum absolute atomic E-state index is 0.538. The molecule has 4 aromatic heterocycles. The molecule has 0 amide bonds. The van der Waals surface area contributed by atoms with E-state index in [0.29, 0.717) is 17.5 Å². The van der Waals surface area contributed by atoms with Gasteiger partial charge in [0.25, 0.3) is 0 Å². The minimum Gasteiger partial charge on any atom is -0.456 e. The summed E-state index contributed by atoms with van der Waals surface area (Å²) in [5.74, 6) is 1.62. The summed E-state index contributed by atoms with van der Waals surface area (Å²) in [6.45, 7) is 0. The van der Waals surface area contributed by atoms with Crippen molar-refractivity contribution < 1.29 is 8.83 Å². The smallest absolute Gasteiger partial charge is 0.164 e. The predicted molar refractivity (Wildman–Crippen MR) is 256 cm³/mol. The molecule has 0 fully saturated rings. The third-order valence-electron chi connectivity index (χ3n) is 12.3. The van der Waals surface area contributed by atoms with Gasteiger partial charge in [-0.25, -0.2) is 15.0 Å². The van der Waals surface area contributed by atoms with Crippen molar-refractivity contribution in [3.8, 4) is 62.1 Å². The van der Waals surface area contributed by atoms with Gasteiger partial charge in [-0.15, -0.1) is 0 Å². The number of para-hydroxylation sites is 4. The van der Waals surface area contributed by atoms with Crippen LogP contribution < -0.4 is 0 Å². The fourth-order valence-corrected chi connectivity index (χ4v) is 9.34. The van der Waals surface area contributed by atoms with Crippen LogP contribution in [-0.2, 0) is 0 Å². The van der Waals surface area contributed by atoms with E-state index in [4.69, 9.17) is 23.8 Å². The number of hydrogen-bond donors (Lipinski definition) is 0. The first-order chi connectivity index (χ1) is 31.2. The molecule has 4 heterocycles. The maximum Gasteiger partial charge on any atom is 0.164 e. The molecule has 0 aliphatic carbocycles. The first-order valence-electron chi connectivity index (χ1n) is 21.1. The van der Waals surface area contributed by atoms with Crippen molar-refractivity contribution in [2.75, 3.05) is 0 Å². The summed E-state index contributed by atoms with van der Waals surface area (Å²) < 4.78 is 15.2. The van der Waals surface area contributed by atoms with Crippen molar-refractivity contribution >= 4 is 65.7 Å². The van der Waals surface area contributed by atoms with Crippen LogP contribution in [0.4, 0.5) is 0 Å². The van der Waals surface area contributed by atoms with Gasteiger partial charge >= 0.3 is 0 Å². The Morgan fingerprint density at radius 2 is 0.667 bits per heavy atom. The van der Waals surface area contributed by atoms with Gasteiger partial charge in [0.05, 0.1) is 16.7 Å². The lowest BCUT2D eigenvalue weighted by Gasteiger charge is -2.21. The number of benzene rings is 9. The molecule has 13 rings (SSSR count). The predicted octanol–water partition coefficient (Wildman–Crippen LogP) is 15.1. The lowest BCUT2D eigenvalue weighted by molar-refractivity contribution is 0.668. The van der Waals surface area contributed by atoms with Crippen molar-refractivity contribution in [3.05, 3.63) is 206 Å². The van der Waals surface area contributed by atoms with Gasteiger partial charge in [0.1, 0.15) is 22.3 Å². The second kappa shape index (κ2) is 14.0. The van der Waals surface area contributed by atoms with Crippen molar-refractivity contribution in [3.63, 3.8) is 0 Å². The van der Waals surface area contributed by atoms with E-state index < -0.39 is 0 Å². The Bertz CT molecular complexity index is 3670. The zero-order valence-corrected chi connectivity index (χ0v) is 33.7. The second-order valence-corrected chi connectivity index (χ2v) is 15.9. The molecule has 0 bridgehead atoms. The van der Waals surface area contributed by atoms with Gasteiger partial charge in [-0.05, 0) is 71.8 Å². The molecule has 9 aromatic carbocycles. The van der Waals surface area contributed by atoms with Gasteiger partial charge in [-0.3, -0.25) is 0 Å². The molecule has 13 aromatic rings. The normalized spacial score (nSPS) is 11.8. The molecule has 0 radical (unpaired) electrons. The van der Waals surface area contributed by atoms with Crippen molar-refractivity contribution in [1.82, 2.24) is 19.5 Å². The van der Waals surface area contributed by atoms with E-state index in [0.717, 1.165) is 99.5 Å². The number of furan rings is 2. The lowest BCUT2D eigenvalue weighted by atomic mass is 9.92. The Labute approximate surface area is 361 Å². The average Bonchev–Trinajstić information content (AvgIpc) is 4.03. The number of aromatic nitrogens is 4. The first kappa shape index (κ1) is 35.2. The zero-order chi connectivity index (χ0) is 41.4. The molecule has 0 saturated heterocycles. The first-order valence-corrected chi connectivity index (χ1v) is 21.1. The molecule has 0 N–H and O–H groups in total. The van der Waals surface area contributed by atoms with Crippen molar-refractivity contribution in [2.45, 2.75) is 0 Å². The number of fused-ring (bicyclic) bond motifs is 9. The Morgan fingerprint density at radius 3 is 1.14 bits per heavy atom. The Morgan fingerprint density at radius 1 is 0.286 bits per heavy atom. The number of nitrogens with zero attached hydrogens (tertiary/aromatic N) is 4. The molecule has 0 unspecified atom stereocenters. The third kappa shape index (κ3) is 5.69. The van der Waals surface area contributed by atoms with E-state index in [2.05, 4.69) is 162 Å². The molecule has 6 nitrogen and oxygen atoms in total. The summed E-state index contributed by atoms with van der Waals surface area (Å²) in [6, 6.07) is 71.7. The highest BCUT2D eigenvalue weighted by atomic mass is 16.3.